The first kappa shape index (κ1) is 14.8. The van der Waals surface area contributed by atoms with Gasteiger partial charge in [-0.2, -0.15) is 0 Å². The van der Waals surface area contributed by atoms with Gasteiger partial charge < -0.3 is 9.55 Å². The zero-order valence-corrected chi connectivity index (χ0v) is 13.9. The van der Waals surface area contributed by atoms with Crippen LogP contribution in [0.2, 0.25) is 0 Å². The normalized spacial score (nSPS) is 23.5. The van der Waals surface area contributed by atoms with Crippen LogP contribution in [-0.4, -0.2) is 24.2 Å². The third kappa shape index (κ3) is 2.66. The number of fused-ring (bicyclic) bond motifs is 1. The van der Waals surface area contributed by atoms with Crippen molar-refractivity contribution in [1.82, 2.24) is 9.55 Å². The Morgan fingerprint density at radius 1 is 1.33 bits per heavy atom. The Morgan fingerprint density at radius 3 is 2.76 bits per heavy atom. The molecular formula is C15H20N2O2S2. The fraction of sp³-hybridized carbons (Fsp3) is 0.533. The van der Waals surface area contributed by atoms with Crippen molar-refractivity contribution in [3.63, 3.8) is 0 Å². The van der Waals surface area contributed by atoms with Crippen molar-refractivity contribution in [1.29, 1.82) is 0 Å². The van der Waals surface area contributed by atoms with Crippen molar-refractivity contribution in [3.05, 3.63) is 23.0 Å². The molecular weight excluding hydrogens is 304 g/mol. The fourth-order valence-electron chi connectivity index (χ4n) is 3.43. The topological polar surface area (TPSA) is 54.9 Å². The first-order chi connectivity index (χ1) is 9.88. The lowest BCUT2D eigenvalue weighted by Gasteiger charge is -2.28. The number of nitrogens with zero attached hydrogens (tertiary/aromatic N) is 1. The summed E-state index contributed by atoms with van der Waals surface area (Å²) < 4.78 is 26.6. The minimum Gasteiger partial charge on any atom is -0.329 e. The summed E-state index contributed by atoms with van der Waals surface area (Å²) in [5, 5.41) is 0. The summed E-state index contributed by atoms with van der Waals surface area (Å²) in [6.45, 7) is 2.27. The van der Waals surface area contributed by atoms with Crippen molar-refractivity contribution < 1.29 is 8.42 Å². The Bertz CT molecular complexity index is 833. The fourth-order valence-corrected chi connectivity index (χ4v) is 4.63. The van der Waals surface area contributed by atoms with E-state index < -0.39 is 9.84 Å². The molecule has 1 heterocycles. The predicted octanol–water partition coefficient (Wildman–Crippen LogP) is 3.85. The molecule has 1 aromatic heterocycles. The molecule has 1 saturated carbocycles. The third-order valence-electron chi connectivity index (χ3n) is 4.39. The van der Waals surface area contributed by atoms with Gasteiger partial charge in [0.1, 0.15) is 0 Å². The molecule has 21 heavy (non-hydrogen) atoms. The van der Waals surface area contributed by atoms with E-state index in [0.717, 1.165) is 18.4 Å². The first-order valence-corrected chi connectivity index (χ1v) is 9.61. The van der Waals surface area contributed by atoms with E-state index in [9.17, 15) is 8.42 Å². The van der Waals surface area contributed by atoms with E-state index in [0.29, 0.717) is 27.1 Å². The monoisotopic (exact) mass is 324 g/mol. The van der Waals surface area contributed by atoms with Crippen LogP contribution in [0.4, 0.5) is 0 Å². The molecule has 114 valence electrons. The molecule has 0 spiro atoms. The minimum absolute atomic E-state index is 0.328. The van der Waals surface area contributed by atoms with Gasteiger partial charge in [0.2, 0.25) is 0 Å². The van der Waals surface area contributed by atoms with E-state index in [2.05, 4.69) is 16.5 Å². The summed E-state index contributed by atoms with van der Waals surface area (Å²) in [5.74, 6) is 0.689. The van der Waals surface area contributed by atoms with Gasteiger partial charge >= 0.3 is 0 Å². The molecule has 6 heteroatoms. The molecule has 1 fully saturated rings. The molecule has 0 radical (unpaired) electrons. The van der Waals surface area contributed by atoms with Crippen LogP contribution >= 0.6 is 12.2 Å². The number of aromatic amines is 1. The molecule has 0 bridgehead atoms. The maximum absolute atomic E-state index is 11.9. The molecule has 2 unspecified atom stereocenters. The van der Waals surface area contributed by atoms with Crippen LogP contribution in [0.5, 0.6) is 0 Å². The van der Waals surface area contributed by atoms with E-state index in [1.807, 2.05) is 6.07 Å². The second-order valence-corrected chi connectivity index (χ2v) is 8.52. The summed E-state index contributed by atoms with van der Waals surface area (Å²) in [6.07, 6.45) is 5.91. The number of rotatable bonds is 2. The van der Waals surface area contributed by atoms with E-state index in [1.54, 1.807) is 12.1 Å². The third-order valence-corrected chi connectivity index (χ3v) is 5.83. The Balaban J connectivity index is 2.21. The quantitative estimate of drug-likeness (QED) is 0.854. The van der Waals surface area contributed by atoms with Crippen molar-refractivity contribution >= 4 is 33.1 Å². The van der Waals surface area contributed by atoms with Gasteiger partial charge in [0.05, 0.1) is 15.9 Å². The summed E-state index contributed by atoms with van der Waals surface area (Å²) in [6, 6.07) is 5.75. The molecule has 3 rings (SSSR count). The SMILES string of the molecule is CC1CCCC(n2c(=S)[nH]c3c(S(C)(=O)=O)cccc32)C1. The van der Waals surface area contributed by atoms with Gasteiger partial charge in [-0.3, -0.25) is 0 Å². The van der Waals surface area contributed by atoms with Gasteiger partial charge in [0.15, 0.2) is 14.6 Å². The van der Waals surface area contributed by atoms with Crippen LogP contribution in [0.3, 0.4) is 0 Å². The molecule has 4 nitrogen and oxygen atoms in total. The van der Waals surface area contributed by atoms with Gasteiger partial charge in [-0.25, -0.2) is 8.42 Å². The highest BCUT2D eigenvalue weighted by molar-refractivity contribution is 7.91. The predicted molar refractivity (Wildman–Crippen MR) is 86.9 cm³/mol. The Hall–Kier alpha value is -1.14. The van der Waals surface area contributed by atoms with Crippen LogP contribution in [0.25, 0.3) is 11.0 Å². The van der Waals surface area contributed by atoms with E-state index >= 15 is 0 Å². The Kier molecular flexibility index (Phi) is 3.69. The second kappa shape index (κ2) is 5.25. The molecule has 1 aromatic carbocycles. The number of H-pyrrole nitrogens is 1. The lowest BCUT2D eigenvalue weighted by atomic mass is 9.87. The molecule has 0 aliphatic heterocycles. The molecule has 1 N–H and O–H groups in total. The van der Waals surface area contributed by atoms with E-state index in [4.69, 9.17) is 12.2 Å². The zero-order chi connectivity index (χ0) is 15.2. The summed E-state index contributed by atoms with van der Waals surface area (Å²) in [4.78, 5) is 3.44. The number of imidazole rings is 1. The Labute approximate surface area is 130 Å². The number of hydrogen-bond donors (Lipinski definition) is 1. The van der Waals surface area contributed by atoms with Gasteiger partial charge in [-0.1, -0.05) is 25.8 Å². The number of para-hydroxylation sites is 1. The van der Waals surface area contributed by atoms with Crippen molar-refractivity contribution in [3.8, 4) is 0 Å². The highest BCUT2D eigenvalue weighted by Gasteiger charge is 2.24. The van der Waals surface area contributed by atoms with E-state index in [1.165, 1.54) is 19.1 Å². The number of hydrogen-bond acceptors (Lipinski definition) is 3. The van der Waals surface area contributed by atoms with E-state index in [-0.39, 0.29) is 0 Å². The molecule has 1 aliphatic carbocycles. The molecule has 0 amide bonds. The van der Waals surface area contributed by atoms with Crippen LogP contribution in [-0.2, 0) is 9.84 Å². The summed E-state index contributed by atoms with van der Waals surface area (Å²) in [5.41, 5.74) is 1.55. The maximum Gasteiger partial charge on any atom is 0.178 e. The maximum atomic E-state index is 11.9. The summed E-state index contributed by atoms with van der Waals surface area (Å²) in [7, 11) is -3.27. The number of sulfone groups is 1. The van der Waals surface area contributed by atoms with Gasteiger partial charge in [-0.05, 0) is 43.1 Å². The molecule has 1 aliphatic rings. The Morgan fingerprint density at radius 2 is 2.10 bits per heavy atom. The minimum atomic E-state index is -3.27. The van der Waals surface area contributed by atoms with Gasteiger partial charge in [0, 0.05) is 12.3 Å². The lowest BCUT2D eigenvalue weighted by Crippen LogP contribution is -2.17. The molecule has 2 aromatic rings. The van der Waals surface area contributed by atoms with Gasteiger partial charge in [0.25, 0.3) is 0 Å². The smallest absolute Gasteiger partial charge is 0.178 e. The largest absolute Gasteiger partial charge is 0.329 e. The zero-order valence-electron chi connectivity index (χ0n) is 12.3. The number of benzene rings is 1. The highest BCUT2D eigenvalue weighted by Crippen LogP contribution is 2.35. The lowest BCUT2D eigenvalue weighted by molar-refractivity contribution is 0.285. The van der Waals surface area contributed by atoms with Gasteiger partial charge in [-0.15, -0.1) is 0 Å². The summed E-state index contributed by atoms with van der Waals surface area (Å²) >= 11 is 5.47. The average Bonchev–Trinajstić information content (AvgIpc) is 2.73. The standard InChI is InChI=1S/C15H20N2O2S2/c1-10-5-3-6-11(9-10)17-12-7-4-8-13(21(2,18)19)14(12)16-15(17)20/h4,7-8,10-11H,3,5-6,9H2,1-2H3,(H,16,20). The second-order valence-electron chi connectivity index (χ2n) is 6.15. The highest BCUT2D eigenvalue weighted by atomic mass is 32.2. The van der Waals surface area contributed by atoms with Crippen LogP contribution in [0.1, 0.15) is 38.6 Å². The van der Waals surface area contributed by atoms with Crippen LogP contribution in [0.15, 0.2) is 23.1 Å². The molecule has 0 saturated heterocycles. The number of nitrogens with one attached hydrogen (secondary N) is 1. The van der Waals surface area contributed by atoms with Crippen molar-refractivity contribution in [2.75, 3.05) is 6.26 Å². The van der Waals surface area contributed by atoms with Crippen LogP contribution < -0.4 is 0 Å². The molecule has 2 atom stereocenters. The average molecular weight is 324 g/mol. The van der Waals surface area contributed by atoms with Crippen molar-refractivity contribution in [2.45, 2.75) is 43.5 Å². The van der Waals surface area contributed by atoms with Crippen molar-refractivity contribution in [2.24, 2.45) is 5.92 Å². The number of aromatic nitrogens is 2. The first-order valence-electron chi connectivity index (χ1n) is 7.31. The van der Waals surface area contributed by atoms with Crippen LogP contribution in [0, 0.1) is 10.7 Å².